The Bertz CT molecular complexity index is 394. The lowest BCUT2D eigenvalue weighted by atomic mass is 10.00. The van der Waals surface area contributed by atoms with Gasteiger partial charge in [0.2, 0.25) is 0 Å². The highest BCUT2D eigenvalue weighted by Crippen LogP contribution is 2.33. The van der Waals surface area contributed by atoms with Crippen molar-refractivity contribution < 1.29 is 8.42 Å². The third kappa shape index (κ3) is 3.25. The van der Waals surface area contributed by atoms with Crippen molar-refractivity contribution in [3.05, 3.63) is 0 Å². The first kappa shape index (κ1) is 14.3. The molecule has 0 saturated carbocycles. The normalized spacial score (nSPS) is 36.6. The van der Waals surface area contributed by atoms with Crippen LogP contribution in [-0.4, -0.2) is 56.0 Å². The highest BCUT2D eigenvalue weighted by Gasteiger charge is 2.44. The van der Waals surface area contributed by atoms with E-state index in [1.54, 1.807) is 0 Å². The molecule has 0 aromatic carbocycles. The average Bonchev–Trinajstić information content (AvgIpc) is 2.81. The van der Waals surface area contributed by atoms with Crippen LogP contribution in [0.5, 0.6) is 0 Å². The topological polar surface area (TPSA) is 49.4 Å². The molecular formula is C13H26N2O2S. The van der Waals surface area contributed by atoms with Gasteiger partial charge in [0.25, 0.3) is 0 Å². The van der Waals surface area contributed by atoms with Crippen molar-refractivity contribution in [3.8, 4) is 0 Å². The number of likely N-dealkylation sites (tertiary alicyclic amines) is 1. The van der Waals surface area contributed by atoms with E-state index < -0.39 is 9.84 Å². The Labute approximate surface area is 111 Å². The summed E-state index contributed by atoms with van der Waals surface area (Å²) < 4.78 is 23.3. The van der Waals surface area contributed by atoms with E-state index in [9.17, 15) is 8.42 Å². The lowest BCUT2D eigenvalue weighted by Crippen LogP contribution is -2.46. The highest BCUT2D eigenvalue weighted by molar-refractivity contribution is 7.91. The zero-order valence-electron chi connectivity index (χ0n) is 11.8. The van der Waals surface area contributed by atoms with Crippen LogP contribution in [0.15, 0.2) is 0 Å². The van der Waals surface area contributed by atoms with Gasteiger partial charge in [0.15, 0.2) is 9.84 Å². The van der Waals surface area contributed by atoms with Crippen molar-refractivity contribution >= 4 is 9.84 Å². The van der Waals surface area contributed by atoms with E-state index in [4.69, 9.17) is 0 Å². The molecule has 0 aliphatic carbocycles. The van der Waals surface area contributed by atoms with E-state index in [-0.39, 0.29) is 5.54 Å². The number of hydrogen-bond donors (Lipinski definition) is 1. The summed E-state index contributed by atoms with van der Waals surface area (Å²) in [5.41, 5.74) is -0.106. The van der Waals surface area contributed by atoms with Crippen LogP contribution < -0.4 is 5.32 Å². The van der Waals surface area contributed by atoms with Gasteiger partial charge in [-0.25, -0.2) is 8.42 Å². The van der Waals surface area contributed by atoms with Crippen LogP contribution in [0.4, 0.5) is 0 Å². The molecule has 2 aliphatic heterocycles. The molecule has 0 bridgehead atoms. The Morgan fingerprint density at radius 2 is 2.17 bits per heavy atom. The Kier molecular flexibility index (Phi) is 4.04. The predicted molar refractivity (Wildman–Crippen MR) is 74.5 cm³/mol. The fraction of sp³-hybridized carbons (Fsp3) is 1.00. The summed E-state index contributed by atoms with van der Waals surface area (Å²) in [7, 11) is -2.79. The standard InChI is InChI=1S/C13H26N2O2S/c1-11(2)14-8-12-4-6-15(9-12)13(3)5-7-18(16,17)10-13/h11-12,14H,4-10H2,1-3H3. The minimum atomic E-state index is -2.79. The van der Waals surface area contributed by atoms with Crippen LogP contribution >= 0.6 is 0 Å². The van der Waals surface area contributed by atoms with Crippen molar-refractivity contribution in [2.45, 2.75) is 45.2 Å². The molecule has 0 radical (unpaired) electrons. The number of nitrogens with one attached hydrogen (secondary N) is 1. The maximum atomic E-state index is 11.7. The molecule has 106 valence electrons. The van der Waals surface area contributed by atoms with Crippen molar-refractivity contribution in [2.24, 2.45) is 5.92 Å². The number of rotatable bonds is 4. The summed E-state index contributed by atoms with van der Waals surface area (Å²) in [6.45, 7) is 9.60. The van der Waals surface area contributed by atoms with E-state index in [0.717, 1.165) is 26.1 Å². The second-order valence-electron chi connectivity index (χ2n) is 6.50. The largest absolute Gasteiger partial charge is 0.314 e. The van der Waals surface area contributed by atoms with Gasteiger partial charge < -0.3 is 5.32 Å². The van der Waals surface area contributed by atoms with Gasteiger partial charge in [0, 0.05) is 18.1 Å². The molecule has 0 aromatic heterocycles. The molecule has 2 rings (SSSR count). The van der Waals surface area contributed by atoms with Gasteiger partial charge in [-0.15, -0.1) is 0 Å². The Hall–Kier alpha value is -0.130. The van der Waals surface area contributed by atoms with Gasteiger partial charge >= 0.3 is 0 Å². The first-order chi connectivity index (χ1) is 8.31. The predicted octanol–water partition coefficient (Wildman–Crippen LogP) is 0.884. The van der Waals surface area contributed by atoms with E-state index in [2.05, 4.69) is 31.0 Å². The zero-order chi connectivity index (χ0) is 13.4. The first-order valence-electron chi connectivity index (χ1n) is 7.00. The summed E-state index contributed by atoms with van der Waals surface area (Å²) in [6.07, 6.45) is 2.00. The minimum Gasteiger partial charge on any atom is -0.314 e. The summed E-state index contributed by atoms with van der Waals surface area (Å²) in [6, 6.07) is 0.529. The van der Waals surface area contributed by atoms with Crippen LogP contribution in [0.1, 0.15) is 33.6 Å². The summed E-state index contributed by atoms with van der Waals surface area (Å²) >= 11 is 0. The molecule has 0 spiro atoms. The molecule has 18 heavy (non-hydrogen) atoms. The van der Waals surface area contributed by atoms with Crippen molar-refractivity contribution in [2.75, 3.05) is 31.1 Å². The summed E-state index contributed by atoms with van der Waals surface area (Å²) in [5, 5.41) is 3.48. The van der Waals surface area contributed by atoms with E-state index in [1.807, 2.05) is 0 Å². The van der Waals surface area contributed by atoms with Gasteiger partial charge in [0.05, 0.1) is 11.5 Å². The van der Waals surface area contributed by atoms with Gasteiger partial charge in [-0.1, -0.05) is 13.8 Å². The lowest BCUT2D eigenvalue weighted by Gasteiger charge is -2.34. The van der Waals surface area contributed by atoms with Gasteiger partial charge in [-0.2, -0.15) is 0 Å². The van der Waals surface area contributed by atoms with Crippen molar-refractivity contribution in [3.63, 3.8) is 0 Å². The molecule has 0 aromatic rings. The van der Waals surface area contributed by atoms with Crippen LogP contribution in [0.3, 0.4) is 0 Å². The molecule has 2 aliphatic rings. The zero-order valence-corrected chi connectivity index (χ0v) is 12.6. The summed E-state index contributed by atoms with van der Waals surface area (Å²) in [4.78, 5) is 2.41. The second kappa shape index (κ2) is 5.10. The fourth-order valence-electron chi connectivity index (χ4n) is 3.13. The molecule has 2 heterocycles. The molecule has 5 heteroatoms. The molecular weight excluding hydrogens is 248 g/mol. The molecule has 4 nitrogen and oxygen atoms in total. The van der Waals surface area contributed by atoms with Crippen LogP contribution in [0.25, 0.3) is 0 Å². The first-order valence-corrected chi connectivity index (χ1v) is 8.82. The molecule has 2 saturated heterocycles. The molecule has 2 unspecified atom stereocenters. The summed E-state index contributed by atoms with van der Waals surface area (Å²) in [5.74, 6) is 1.40. The van der Waals surface area contributed by atoms with Gasteiger partial charge in [-0.3, -0.25) is 4.90 Å². The van der Waals surface area contributed by atoms with E-state index in [0.29, 0.717) is 23.5 Å². The van der Waals surface area contributed by atoms with Gasteiger partial charge in [-0.05, 0) is 38.8 Å². The monoisotopic (exact) mass is 274 g/mol. The Balaban J connectivity index is 1.89. The van der Waals surface area contributed by atoms with Crippen LogP contribution in [0, 0.1) is 5.92 Å². The molecule has 2 fully saturated rings. The Morgan fingerprint density at radius 1 is 1.44 bits per heavy atom. The minimum absolute atomic E-state index is 0.106. The molecule has 2 atom stereocenters. The highest BCUT2D eigenvalue weighted by atomic mass is 32.2. The third-order valence-electron chi connectivity index (χ3n) is 4.35. The lowest BCUT2D eigenvalue weighted by molar-refractivity contribution is 0.155. The SMILES string of the molecule is CC(C)NCC1CCN(C2(C)CCS(=O)(=O)C2)C1. The van der Waals surface area contributed by atoms with Crippen LogP contribution in [-0.2, 0) is 9.84 Å². The smallest absolute Gasteiger partial charge is 0.152 e. The van der Waals surface area contributed by atoms with Crippen molar-refractivity contribution in [1.29, 1.82) is 0 Å². The maximum Gasteiger partial charge on any atom is 0.152 e. The maximum absolute atomic E-state index is 11.7. The van der Waals surface area contributed by atoms with Gasteiger partial charge in [0.1, 0.15) is 0 Å². The number of nitrogens with zero attached hydrogens (tertiary/aromatic N) is 1. The number of sulfone groups is 1. The van der Waals surface area contributed by atoms with Crippen LogP contribution in [0.2, 0.25) is 0 Å². The fourth-order valence-corrected chi connectivity index (χ4v) is 5.30. The van der Waals surface area contributed by atoms with E-state index in [1.165, 1.54) is 6.42 Å². The molecule has 0 amide bonds. The number of hydrogen-bond acceptors (Lipinski definition) is 4. The third-order valence-corrected chi connectivity index (χ3v) is 6.23. The Morgan fingerprint density at radius 3 is 2.72 bits per heavy atom. The average molecular weight is 274 g/mol. The second-order valence-corrected chi connectivity index (χ2v) is 8.69. The van der Waals surface area contributed by atoms with Crippen molar-refractivity contribution in [1.82, 2.24) is 10.2 Å². The molecule has 1 N–H and O–H groups in total. The van der Waals surface area contributed by atoms with E-state index >= 15 is 0 Å². The quantitative estimate of drug-likeness (QED) is 0.827.